The molecule has 7 heteroatoms. The largest absolute Gasteiger partial charge is 0.497 e. The zero-order valence-corrected chi connectivity index (χ0v) is 13.3. The van der Waals surface area contributed by atoms with Gasteiger partial charge in [0.25, 0.3) is 5.91 Å². The van der Waals surface area contributed by atoms with Gasteiger partial charge < -0.3 is 19.5 Å². The molecule has 1 amide bonds. The highest BCUT2D eigenvalue weighted by Gasteiger charge is 2.43. The Hall–Kier alpha value is -1.60. The van der Waals surface area contributed by atoms with E-state index in [0.717, 1.165) is 0 Å². The lowest BCUT2D eigenvalue weighted by molar-refractivity contribution is -0.159. The number of carboxylic acid groups (broad SMARTS) is 1. The molecule has 1 N–H and O–H groups in total. The number of carboxylic acids is 1. The molecule has 0 atom stereocenters. The van der Waals surface area contributed by atoms with Crippen molar-refractivity contribution in [2.75, 3.05) is 26.8 Å². The Labute approximate surface area is 130 Å². The second-order valence-corrected chi connectivity index (χ2v) is 5.99. The quantitative estimate of drug-likeness (QED) is 0.868. The third-order valence-corrected chi connectivity index (χ3v) is 3.98. The molecule has 0 saturated carbocycles. The molecule has 0 bridgehead atoms. The fraction of sp³-hybridized carbons (Fsp3) is 0.429. The Kier molecular flexibility index (Phi) is 4.53. The third kappa shape index (κ3) is 3.54. The maximum absolute atomic E-state index is 12.4. The number of amides is 1. The molecule has 21 heavy (non-hydrogen) atoms. The van der Waals surface area contributed by atoms with Crippen molar-refractivity contribution in [1.82, 2.24) is 4.90 Å². The number of carbonyl (C=O) groups is 2. The van der Waals surface area contributed by atoms with Crippen molar-refractivity contribution < 1.29 is 24.2 Å². The molecule has 6 nitrogen and oxygen atoms in total. The van der Waals surface area contributed by atoms with E-state index >= 15 is 0 Å². The van der Waals surface area contributed by atoms with Crippen molar-refractivity contribution in [3.05, 3.63) is 28.2 Å². The minimum Gasteiger partial charge on any atom is -0.497 e. The first kappa shape index (κ1) is 15.8. The fourth-order valence-corrected chi connectivity index (χ4v) is 2.61. The Bertz CT molecular complexity index is 568. The molecule has 2 rings (SSSR count). The number of nitrogens with zero attached hydrogens (tertiary/aromatic N) is 1. The van der Waals surface area contributed by atoms with E-state index in [9.17, 15) is 9.59 Å². The minimum absolute atomic E-state index is 0.142. The monoisotopic (exact) mass is 357 g/mol. The summed E-state index contributed by atoms with van der Waals surface area (Å²) in [6.45, 7) is 2.16. The first-order valence-electron chi connectivity index (χ1n) is 6.33. The van der Waals surface area contributed by atoms with E-state index in [1.807, 2.05) is 0 Å². The molecule has 0 aromatic heterocycles. The van der Waals surface area contributed by atoms with Gasteiger partial charge in [0.2, 0.25) is 0 Å². The zero-order valence-electron chi connectivity index (χ0n) is 11.8. The number of likely N-dealkylation sites (tertiary alicyclic amines) is 1. The molecule has 0 aliphatic carbocycles. The van der Waals surface area contributed by atoms with Gasteiger partial charge in [-0.2, -0.15) is 0 Å². The van der Waals surface area contributed by atoms with Gasteiger partial charge in [0, 0.05) is 4.47 Å². The predicted octanol–water partition coefficient (Wildman–Crippen LogP) is 1.77. The summed E-state index contributed by atoms with van der Waals surface area (Å²) in [5.41, 5.74) is -0.0889. The van der Waals surface area contributed by atoms with Crippen LogP contribution in [0.15, 0.2) is 22.7 Å². The number of halogens is 1. The maximum Gasteiger partial charge on any atom is 0.329 e. The van der Waals surface area contributed by atoms with Crippen LogP contribution < -0.4 is 4.74 Å². The molecule has 0 radical (unpaired) electrons. The molecule has 1 aliphatic rings. The van der Waals surface area contributed by atoms with E-state index in [4.69, 9.17) is 14.6 Å². The van der Waals surface area contributed by atoms with E-state index in [0.29, 0.717) is 28.9 Å². The molecule has 1 heterocycles. The second kappa shape index (κ2) is 6.03. The topological polar surface area (TPSA) is 76.1 Å². The van der Waals surface area contributed by atoms with Crippen LogP contribution in [-0.4, -0.2) is 54.3 Å². The number of hydrogen-bond donors (Lipinski definition) is 1. The zero-order chi connectivity index (χ0) is 15.6. The summed E-state index contributed by atoms with van der Waals surface area (Å²) in [6, 6.07) is 5.18. The number of hydrogen-bond acceptors (Lipinski definition) is 4. The van der Waals surface area contributed by atoms with Crippen LogP contribution in [0.25, 0.3) is 0 Å². The van der Waals surface area contributed by atoms with Gasteiger partial charge in [-0.1, -0.05) is 0 Å². The Morgan fingerprint density at radius 2 is 2.10 bits per heavy atom. The lowest BCUT2D eigenvalue weighted by Crippen LogP contribution is -2.63. The molecule has 0 unspecified atom stereocenters. The van der Waals surface area contributed by atoms with Gasteiger partial charge in [0.1, 0.15) is 18.0 Å². The molecule has 1 aliphatic heterocycles. The second-order valence-electron chi connectivity index (χ2n) is 5.14. The Morgan fingerprint density at radius 3 is 2.67 bits per heavy atom. The van der Waals surface area contributed by atoms with Gasteiger partial charge in [-0.25, -0.2) is 4.79 Å². The predicted molar refractivity (Wildman–Crippen MR) is 78.6 cm³/mol. The fourth-order valence-electron chi connectivity index (χ4n) is 2.20. The van der Waals surface area contributed by atoms with Crippen molar-refractivity contribution in [3.63, 3.8) is 0 Å². The minimum atomic E-state index is -1.02. The summed E-state index contributed by atoms with van der Waals surface area (Å²) in [7, 11) is 1.54. The van der Waals surface area contributed by atoms with Crippen LogP contribution in [0.1, 0.15) is 17.3 Å². The van der Waals surface area contributed by atoms with E-state index < -0.39 is 11.6 Å². The van der Waals surface area contributed by atoms with Crippen LogP contribution in [0.5, 0.6) is 5.75 Å². The Balaban J connectivity index is 2.02. The van der Waals surface area contributed by atoms with Gasteiger partial charge in [-0.15, -0.1) is 0 Å². The molecular weight excluding hydrogens is 342 g/mol. The first-order chi connectivity index (χ1) is 9.84. The van der Waals surface area contributed by atoms with Crippen LogP contribution >= 0.6 is 15.9 Å². The molecular formula is C14H16BrNO5. The highest BCUT2D eigenvalue weighted by atomic mass is 79.9. The first-order valence-corrected chi connectivity index (χ1v) is 7.12. The molecule has 1 saturated heterocycles. The molecule has 0 spiro atoms. The van der Waals surface area contributed by atoms with E-state index in [1.165, 1.54) is 7.11 Å². The Morgan fingerprint density at radius 1 is 1.43 bits per heavy atom. The van der Waals surface area contributed by atoms with Crippen LogP contribution in [0.4, 0.5) is 0 Å². The van der Waals surface area contributed by atoms with Gasteiger partial charge in [-0.3, -0.25) is 4.79 Å². The average Bonchev–Trinajstić information content (AvgIpc) is 2.42. The standard InChI is InChI=1S/C14H16BrNO5/c1-14(21-6-12(17)18)7-16(8-14)13(19)10-5-9(20-2)3-4-11(10)15/h3-5H,6-8H2,1-2H3,(H,17,18). The van der Waals surface area contributed by atoms with Crippen molar-refractivity contribution in [3.8, 4) is 5.75 Å². The highest BCUT2D eigenvalue weighted by molar-refractivity contribution is 9.10. The number of methoxy groups -OCH3 is 1. The number of rotatable bonds is 5. The van der Waals surface area contributed by atoms with Crippen LogP contribution in [0.2, 0.25) is 0 Å². The van der Waals surface area contributed by atoms with Crippen molar-refractivity contribution in [2.24, 2.45) is 0 Å². The molecule has 1 aromatic rings. The lowest BCUT2D eigenvalue weighted by Gasteiger charge is -2.47. The molecule has 1 fully saturated rings. The van der Waals surface area contributed by atoms with Gasteiger partial charge in [0.05, 0.1) is 25.8 Å². The summed E-state index contributed by atoms with van der Waals surface area (Å²) in [5, 5.41) is 8.62. The molecule has 114 valence electrons. The number of aliphatic carboxylic acids is 1. The smallest absolute Gasteiger partial charge is 0.329 e. The van der Waals surface area contributed by atoms with E-state index in [2.05, 4.69) is 15.9 Å². The summed E-state index contributed by atoms with van der Waals surface area (Å²) < 4.78 is 11.1. The van der Waals surface area contributed by atoms with E-state index in [1.54, 1.807) is 30.0 Å². The normalized spacial score (nSPS) is 16.2. The third-order valence-electron chi connectivity index (χ3n) is 3.29. The van der Waals surface area contributed by atoms with Gasteiger partial charge in [-0.05, 0) is 41.1 Å². The average molecular weight is 358 g/mol. The summed E-state index contributed by atoms with van der Waals surface area (Å²) in [5.74, 6) is -0.555. The van der Waals surface area contributed by atoms with Crippen molar-refractivity contribution in [1.29, 1.82) is 0 Å². The van der Waals surface area contributed by atoms with Crippen molar-refractivity contribution >= 4 is 27.8 Å². The number of benzene rings is 1. The van der Waals surface area contributed by atoms with E-state index in [-0.39, 0.29) is 12.5 Å². The summed E-state index contributed by atoms with van der Waals surface area (Å²) in [6.07, 6.45) is 0. The van der Waals surface area contributed by atoms with Gasteiger partial charge >= 0.3 is 5.97 Å². The highest BCUT2D eigenvalue weighted by Crippen LogP contribution is 2.30. The number of carbonyl (C=O) groups excluding carboxylic acids is 1. The summed E-state index contributed by atoms with van der Waals surface area (Å²) >= 11 is 3.35. The summed E-state index contributed by atoms with van der Waals surface area (Å²) in [4.78, 5) is 24.5. The number of ether oxygens (including phenoxy) is 2. The van der Waals surface area contributed by atoms with Crippen LogP contribution in [0, 0.1) is 0 Å². The van der Waals surface area contributed by atoms with Gasteiger partial charge in [0.15, 0.2) is 0 Å². The molecule has 1 aromatic carbocycles. The lowest BCUT2D eigenvalue weighted by atomic mass is 9.95. The SMILES string of the molecule is COc1ccc(Br)c(C(=O)N2CC(C)(OCC(=O)O)C2)c1. The maximum atomic E-state index is 12.4. The van der Waals surface area contributed by atoms with Crippen LogP contribution in [-0.2, 0) is 9.53 Å². The van der Waals surface area contributed by atoms with Crippen molar-refractivity contribution in [2.45, 2.75) is 12.5 Å². The van der Waals surface area contributed by atoms with Crippen LogP contribution in [0.3, 0.4) is 0 Å².